The van der Waals surface area contributed by atoms with Crippen molar-refractivity contribution in [3.63, 3.8) is 0 Å². The summed E-state index contributed by atoms with van der Waals surface area (Å²) in [6, 6.07) is 4.67. The zero-order valence-electron chi connectivity index (χ0n) is 11.6. The molecule has 0 aliphatic rings. The van der Waals surface area contributed by atoms with Crippen LogP contribution in [0.1, 0.15) is 25.5 Å². The van der Waals surface area contributed by atoms with Crippen LogP contribution in [0.15, 0.2) is 18.2 Å². The van der Waals surface area contributed by atoms with Gasteiger partial charge in [-0.2, -0.15) is 0 Å². The zero-order valence-corrected chi connectivity index (χ0v) is 11.6. The molecule has 1 rings (SSSR count). The largest absolute Gasteiger partial charge is 0.497 e. The third-order valence-corrected chi connectivity index (χ3v) is 2.28. The van der Waals surface area contributed by atoms with Crippen LogP contribution in [0.5, 0.6) is 11.5 Å². The Morgan fingerprint density at radius 2 is 1.61 bits per heavy atom. The molecule has 5 nitrogen and oxygen atoms in total. The zero-order chi connectivity index (χ0) is 14.1. The van der Waals surface area contributed by atoms with Crippen molar-refractivity contribution in [2.45, 2.75) is 19.9 Å². The van der Waals surface area contributed by atoms with E-state index in [1.807, 2.05) is 13.8 Å². The van der Waals surface area contributed by atoms with E-state index in [0.717, 1.165) is 0 Å². The number of hydrogen-bond acceptors (Lipinski definition) is 4. The van der Waals surface area contributed by atoms with Crippen LogP contribution in [0.3, 0.4) is 0 Å². The molecule has 1 unspecified atom stereocenters. The Morgan fingerprint density at radius 1 is 1.17 bits per heavy atom. The third-order valence-electron chi connectivity index (χ3n) is 2.28. The van der Waals surface area contributed by atoms with Crippen LogP contribution in [-0.2, 0) is 4.79 Å². The Hall–Kier alpha value is -1.75. The summed E-state index contributed by atoms with van der Waals surface area (Å²) in [6.45, 7) is 4.00. The van der Waals surface area contributed by atoms with Crippen LogP contribution >= 0.6 is 0 Å². The Balaban J connectivity index is 0.00000137. The minimum atomic E-state index is -0.552. The highest BCUT2D eigenvalue weighted by molar-refractivity contribution is 5.81. The molecule has 0 fully saturated rings. The minimum Gasteiger partial charge on any atom is -0.497 e. The average Bonchev–Trinajstić information content (AvgIpc) is 2.41. The van der Waals surface area contributed by atoms with Crippen molar-refractivity contribution in [1.82, 2.24) is 5.32 Å². The molecule has 18 heavy (non-hydrogen) atoms. The van der Waals surface area contributed by atoms with Gasteiger partial charge in [-0.25, -0.2) is 0 Å². The van der Waals surface area contributed by atoms with Gasteiger partial charge in [0, 0.05) is 6.07 Å². The second-order valence-corrected chi connectivity index (χ2v) is 3.27. The lowest BCUT2D eigenvalue weighted by atomic mass is 10.1. The van der Waals surface area contributed by atoms with Crippen LogP contribution in [0, 0.1) is 0 Å². The molecule has 3 N–H and O–H groups in total. The van der Waals surface area contributed by atoms with E-state index in [1.54, 1.807) is 39.5 Å². The van der Waals surface area contributed by atoms with Crippen LogP contribution in [-0.4, -0.2) is 27.2 Å². The number of primary amides is 1. The SMILES string of the molecule is CC.CNC(C(N)=O)c1cc(OC)cc(OC)c1. The first-order valence-electron chi connectivity index (χ1n) is 5.82. The third kappa shape index (κ3) is 4.25. The first-order valence-corrected chi connectivity index (χ1v) is 5.82. The number of carbonyl (C=O) groups excluding carboxylic acids is 1. The minimum absolute atomic E-state index is 0.446. The van der Waals surface area contributed by atoms with E-state index in [-0.39, 0.29) is 0 Å². The molecular weight excluding hydrogens is 232 g/mol. The summed E-state index contributed by atoms with van der Waals surface area (Å²) in [4.78, 5) is 11.2. The Labute approximate surface area is 108 Å². The maximum absolute atomic E-state index is 11.2. The van der Waals surface area contributed by atoms with Gasteiger partial charge in [0.2, 0.25) is 5.91 Å². The highest BCUT2D eigenvalue weighted by atomic mass is 16.5. The number of likely N-dealkylation sites (N-methyl/N-ethyl adjacent to an activating group) is 1. The molecular formula is C13H22N2O3. The second-order valence-electron chi connectivity index (χ2n) is 3.27. The quantitative estimate of drug-likeness (QED) is 0.834. The summed E-state index contributed by atoms with van der Waals surface area (Å²) in [7, 11) is 4.77. The number of methoxy groups -OCH3 is 2. The molecule has 0 aliphatic heterocycles. The van der Waals surface area contributed by atoms with Gasteiger partial charge in [-0.1, -0.05) is 13.8 Å². The predicted octanol–water partition coefficient (Wildman–Crippen LogP) is 1.48. The summed E-state index contributed by atoms with van der Waals surface area (Å²) in [5.74, 6) is 0.796. The lowest BCUT2D eigenvalue weighted by Gasteiger charge is -2.15. The number of nitrogens with one attached hydrogen (secondary N) is 1. The number of nitrogens with two attached hydrogens (primary N) is 1. The van der Waals surface area contributed by atoms with E-state index in [0.29, 0.717) is 17.1 Å². The summed E-state index contributed by atoms with van der Waals surface area (Å²) in [5, 5.41) is 2.83. The summed E-state index contributed by atoms with van der Waals surface area (Å²) >= 11 is 0. The fourth-order valence-corrected chi connectivity index (χ4v) is 1.47. The van der Waals surface area contributed by atoms with Gasteiger partial charge >= 0.3 is 0 Å². The highest BCUT2D eigenvalue weighted by Gasteiger charge is 2.17. The number of rotatable bonds is 5. The molecule has 0 saturated heterocycles. The Morgan fingerprint density at radius 3 is 1.89 bits per heavy atom. The Kier molecular flexibility index (Phi) is 7.54. The molecule has 1 amide bonds. The maximum Gasteiger partial charge on any atom is 0.239 e. The molecule has 0 aliphatic carbocycles. The van der Waals surface area contributed by atoms with Crippen molar-refractivity contribution in [3.05, 3.63) is 23.8 Å². The standard InChI is InChI=1S/C11H16N2O3.C2H6/c1-13-10(11(12)14)7-4-8(15-2)6-9(5-7)16-3;1-2/h4-6,10,13H,1-3H3,(H2,12,14);1-2H3. The number of hydrogen-bond donors (Lipinski definition) is 2. The molecule has 1 aromatic rings. The monoisotopic (exact) mass is 254 g/mol. The maximum atomic E-state index is 11.2. The average molecular weight is 254 g/mol. The second kappa shape index (κ2) is 8.36. The normalized spacial score (nSPS) is 10.9. The van der Waals surface area contributed by atoms with Crippen molar-refractivity contribution < 1.29 is 14.3 Å². The van der Waals surface area contributed by atoms with Crippen molar-refractivity contribution >= 4 is 5.91 Å². The molecule has 0 radical (unpaired) electrons. The smallest absolute Gasteiger partial charge is 0.239 e. The van der Waals surface area contributed by atoms with E-state index < -0.39 is 11.9 Å². The fourth-order valence-electron chi connectivity index (χ4n) is 1.47. The summed E-state index contributed by atoms with van der Waals surface area (Å²) in [5.41, 5.74) is 5.99. The van der Waals surface area contributed by atoms with E-state index in [2.05, 4.69) is 5.32 Å². The van der Waals surface area contributed by atoms with Crippen molar-refractivity contribution in [2.75, 3.05) is 21.3 Å². The molecule has 5 heteroatoms. The van der Waals surface area contributed by atoms with Crippen molar-refractivity contribution in [2.24, 2.45) is 5.73 Å². The topological polar surface area (TPSA) is 73.6 Å². The lowest BCUT2D eigenvalue weighted by Crippen LogP contribution is -2.31. The number of amides is 1. The Bertz CT molecular complexity index is 358. The van der Waals surface area contributed by atoms with Crippen LogP contribution in [0.25, 0.3) is 0 Å². The van der Waals surface area contributed by atoms with Gasteiger partial charge in [0.25, 0.3) is 0 Å². The molecule has 0 bridgehead atoms. The summed E-state index contributed by atoms with van der Waals surface area (Å²) in [6.07, 6.45) is 0. The van der Waals surface area contributed by atoms with Crippen molar-refractivity contribution in [1.29, 1.82) is 0 Å². The fraction of sp³-hybridized carbons (Fsp3) is 0.462. The van der Waals surface area contributed by atoms with E-state index >= 15 is 0 Å². The molecule has 0 heterocycles. The molecule has 0 saturated carbocycles. The molecule has 1 aromatic carbocycles. The number of benzene rings is 1. The first kappa shape index (κ1) is 16.2. The highest BCUT2D eigenvalue weighted by Crippen LogP contribution is 2.26. The first-order chi connectivity index (χ1) is 8.62. The van der Waals surface area contributed by atoms with Gasteiger partial charge in [0.1, 0.15) is 17.5 Å². The van der Waals surface area contributed by atoms with Crippen molar-refractivity contribution in [3.8, 4) is 11.5 Å². The van der Waals surface area contributed by atoms with Gasteiger partial charge in [-0.3, -0.25) is 4.79 Å². The van der Waals surface area contributed by atoms with Gasteiger partial charge in [-0.15, -0.1) is 0 Å². The van der Waals surface area contributed by atoms with Crippen LogP contribution in [0.2, 0.25) is 0 Å². The molecule has 1 atom stereocenters. The number of ether oxygens (including phenoxy) is 2. The lowest BCUT2D eigenvalue weighted by molar-refractivity contribution is -0.120. The number of carbonyl (C=O) groups is 1. The summed E-state index contributed by atoms with van der Waals surface area (Å²) < 4.78 is 10.2. The predicted molar refractivity (Wildman–Crippen MR) is 71.9 cm³/mol. The van der Waals surface area contributed by atoms with Crippen LogP contribution < -0.4 is 20.5 Å². The van der Waals surface area contributed by atoms with E-state index in [1.165, 1.54) is 0 Å². The van der Waals surface area contributed by atoms with Gasteiger partial charge in [0.15, 0.2) is 0 Å². The van der Waals surface area contributed by atoms with Gasteiger partial charge in [-0.05, 0) is 24.7 Å². The van der Waals surface area contributed by atoms with E-state index in [4.69, 9.17) is 15.2 Å². The van der Waals surface area contributed by atoms with E-state index in [9.17, 15) is 4.79 Å². The molecule has 102 valence electrons. The molecule has 0 aromatic heterocycles. The van der Waals surface area contributed by atoms with Gasteiger partial charge in [0.05, 0.1) is 14.2 Å². The molecule has 0 spiro atoms. The van der Waals surface area contributed by atoms with Gasteiger partial charge < -0.3 is 20.5 Å². The van der Waals surface area contributed by atoms with Crippen LogP contribution in [0.4, 0.5) is 0 Å².